The Balaban J connectivity index is 2.69. The number of thioether (sulfide) groups is 1. The highest BCUT2D eigenvalue weighted by molar-refractivity contribution is 8.00. The van der Waals surface area contributed by atoms with E-state index in [0.717, 1.165) is 16.0 Å². The number of benzene rings is 1. The van der Waals surface area contributed by atoms with Crippen molar-refractivity contribution in [3.05, 3.63) is 29.3 Å². The number of carboxylic acid groups (broad SMARTS) is 1. The van der Waals surface area contributed by atoms with E-state index < -0.39 is 12.0 Å². The van der Waals surface area contributed by atoms with Crippen LogP contribution in [0.5, 0.6) is 0 Å². The second-order valence-electron chi connectivity index (χ2n) is 6.11. The fourth-order valence-corrected chi connectivity index (χ4v) is 3.33. The van der Waals surface area contributed by atoms with Crippen molar-refractivity contribution in [3.63, 3.8) is 0 Å². The van der Waals surface area contributed by atoms with Gasteiger partial charge in [-0.25, -0.2) is 4.79 Å². The molecule has 4 nitrogen and oxygen atoms in total. The largest absolute Gasteiger partial charge is 0.480 e. The van der Waals surface area contributed by atoms with Gasteiger partial charge in [-0.3, -0.25) is 4.79 Å². The van der Waals surface area contributed by atoms with Gasteiger partial charge in [-0.2, -0.15) is 0 Å². The molecular weight excluding hydrogens is 298 g/mol. The van der Waals surface area contributed by atoms with Gasteiger partial charge in [0, 0.05) is 4.90 Å². The third-order valence-electron chi connectivity index (χ3n) is 3.20. The fraction of sp³-hybridized carbons (Fsp3) is 0.529. The highest BCUT2D eigenvalue weighted by Gasteiger charge is 2.24. The van der Waals surface area contributed by atoms with Gasteiger partial charge in [-0.1, -0.05) is 19.9 Å². The summed E-state index contributed by atoms with van der Waals surface area (Å²) in [5.74, 6) is -1.01. The third kappa shape index (κ3) is 6.10. The van der Waals surface area contributed by atoms with Gasteiger partial charge < -0.3 is 10.4 Å². The lowest BCUT2D eigenvalue weighted by Crippen LogP contribution is -2.44. The van der Waals surface area contributed by atoms with E-state index >= 15 is 0 Å². The summed E-state index contributed by atoms with van der Waals surface area (Å²) in [6.07, 6.45) is 0.433. The Kier molecular flexibility index (Phi) is 6.94. The Bertz CT molecular complexity index is 522. The van der Waals surface area contributed by atoms with Crippen LogP contribution in [0.15, 0.2) is 23.1 Å². The number of carboxylic acids is 1. The normalized spacial score (nSPS) is 13.7. The quantitative estimate of drug-likeness (QED) is 0.755. The molecule has 1 rings (SSSR count). The zero-order chi connectivity index (χ0) is 16.9. The molecule has 0 fully saturated rings. The molecule has 0 bridgehead atoms. The van der Waals surface area contributed by atoms with Crippen molar-refractivity contribution in [1.29, 1.82) is 0 Å². The monoisotopic (exact) mass is 323 g/mol. The van der Waals surface area contributed by atoms with E-state index in [4.69, 9.17) is 0 Å². The molecule has 0 aliphatic rings. The zero-order valence-corrected chi connectivity index (χ0v) is 14.7. The summed E-state index contributed by atoms with van der Waals surface area (Å²) in [4.78, 5) is 24.5. The Morgan fingerprint density at radius 1 is 1.14 bits per heavy atom. The van der Waals surface area contributed by atoms with Crippen LogP contribution in [0.3, 0.4) is 0 Å². The summed E-state index contributed by atoms with van der Waals surface area (Å²) in [6.45, 7) is 9.72. The van der Waals surface area contributed by atoms with Gasteiger partial charge in [0.1, 0.15) is 6.04 Å². The van der Waals surface area contributed by atoms with Gasteiger partial charge in [0.2, 0.25) is 5.91 Å². The number of aryl methyl sites for hydroxylation is 2. The Morgan fingerprint density at radius 3 is 2.14 bits per heavy atom. The molecule has 0 aromatic heterocycles. The smallest absolute Gasteiger partial charge is 0.326 e. The van der Waals surface area contributed by atoms with Gasteiger partial charge in [-0.05, 0) is 56.4 Å². The Labute approximate surface area is 136 Å². The van der Waals surface area contributed by atoms with Crippen LogP contribution >= 0.6 is 11.8 Å². The minimum absolute atomic E-state index is 0.212. The molecule has 1 aromatic rings. The molecule has 0 saturated carbocycles. The standard InChI is InChI=1S/C17H25NO3S/c1-10(2)6-15(17(20)21)18-16(19)13(5)22-14-8-11(3)7-12(4)9-14/h7-10,13,15H,6H2,1-5H3,(H,18,19)(H,20,21). The van der Waals surface area contributed by atoms with Crippen LogP contribution in [-0.2, 0) is 9.59 Å². The maximum absolute atomic E-state index is 12.2. The first kappa shape index (κ1) is 18.6. The molecule has 1 aromatic carbocycles. The summed E-state index contributed by atoms with van der Waals surface area (Å²) in [7, 11) is 0. The number of amides is 1. The first-order valence-corrected chi connectivity index (χ1v) is 8.35. The predicted octanol–water partition coefficient (Wildman–Crippen LogP) is 3.40. The zero-order valence-electron chi connectivity index (χ0n) is 13.8. The van der Waals surface area contributed by atoms with Crippen molar-refractivity contribution in [2.45, 2.75) is 57.2 Å². The van der Waals surface area contributed by atoms with Crippen LogP contribution in [-0.4, -0.2) is 28.3 Å². The van der Waals surface area contributed by atoms with E-state index in [1.807, 2.05) is 39.8 Å². The molecule has 2 unspecified atom stereocenters. The summed E-state index contributed by atoms with van der Waals surface area (Å²) < 4.78 is 0. The van der Waals surface area contributed by atoms with E-state index in [1.54, 1.807) is 6.92 Å². The van der Waals surface area contributed by atoms with Crippen molar-refractivity contribution in [2.24, 2.45) is 5.92 Å². The molecule has 122 valence electrons. The van der Waals surface area contributed by atoms with Crippen molar-refractivity contribution in [3.8, 4) is 0 Å². The van der Waals surface area contributed by atoms with Gasteiger partial charge in [0.05, 0.1) is 5.25 Å². The molecule has 5 heteroatoms. The summed E-state index contributed by atoms with van der Waals surface area (Å²) in [5.41, 5.74) is 2.30. The third-order valence-corrected chi connectivity index (χ3v) is 4.27. The average molecular weight is 323 g/mol. The van der Waals surface area contributed by atoms with Crippen molar-refractivity contribution >= 4 is 23.6 Å². The number of hydrogen-bond acceptors (Lipinski definition) is 3. The molecular formula is C17H25NO3S. The van der Waals surface area contributed by atoms with E-state index in [0.29, 0.717) is 6.42 Å². The molecule has 0 aliphatic carbocycles. The number of carbonyl (C=O) groups excluding carboxylic acids is 1. The fourth-order valence-electron chi connectivity index (χ4n) is 2.24. The molecule has 0 spiro atoms. The molecule has 22 heavy (non-hydrogen) atoms. The van der Waals surface area contributed by atoms with Crippen LogP contribution in [0, 0.1) is 19.8 Å². The molecule has 2 atom stereocenters. The highest BCUT2D eigenvalue weighted by Crippen LogP contribution is 2.25. The average Bonchev–Trinajstić information content (AvgIpc) is 2.35. The Morgan fingerprint density at radius 2 is 1.68 bits per heavy atom. The maximum Gasteiger partial charge on any atom is 0.326 e. The minimum atomic E-state index is -0.981. The topological polar surface area (TPSA) is 66.4 Å². The van der Waals surface area contributed by atoms with Crippen molar-refractivity contribution in [1.82, 2.24) is 5.32 Å². The number of hydrogen-bond donors (Lipinski definition) is 2. The van der Waals surface area contributed by atoms with E-state index in [2.05, 4.69) is 11.4 Å². The van der Waals surface area contributed by atoms with Crippen molar-refractivity contribution in [2.75, 3.05) is 0 Å². The lowest BCUT2D eigenvalue weighted by atomic mass is 10.0. The van der Waals surface area contributed by atoms with Gasteiger partial charge in [-0.15, -0.1) is 11.8 Å². The molecule has 0 saturated heterocycles. The van der Waals surface area contributed by atoms with Crippen LogP contribution in [0.25, 0.3) is 0 Å². The van der Waals surface area contributed by atoms with E-state index in [1.165, 1.54) is 11.8 Å². The predicted molar refractivity (Wildman–Crippen MR) is 90.3 cm³/mol. The Hall–Kier alpha value is -1.49. The highest BCUT2D eigenvalue weighted by atomic mass is 32.2. The van der Waals surface area contributed by atoms with Gasteiger partial charge in [0.25, 0.3) is 0 Å². The molecule has 2 N–H and O–H groups in total. The first-order chi connectivity index (χ1) is 10.2. The second kappa shape index (κ2) is 8.22. The summed E-state index contributed by atoms with van der Waals surface area (Å²) in [6, 6.07) is 5.32. The second-order valence-corrected chi connectivity index (χ2v) is 7.53. The van der Waals surface area contributed by atoms with Crippen LogP contribution in [0.1, 0.15) is 38.3 Å². The minimum Gasteiger partial charge on any atom is -0.480 e. The lowest BCUT2D eigenvalue weighted by molar-refractivity contribution is -0.142. The van der Waals surface area contributed by atoms with Gasteiger partial charge in [0.15, 0.2) is 0 Å². The number of nitrogens with one attached hydrogen (secondary N) is 1. The van der Waals surface area contributed by atoms with Crippen LogP contribution in [0.2, 0.25) is 0 Å². The molecule has 1 amide bonds. The summed E-state index contributed by atoms with van der Waals surface area (Å²) in [5, 5.41) is 11.5. The molecule has 0 heterocycles. The van der Waals surface area contributed by atoms with Crippen LogP contribution in [0.4, 0.5) is 0 Å². The number of aliphatic carboxylic acids is 1. The summed E-state index contributed by atoms with van der Waals surface area (Å²) >= 11 is 1.45. The van der Waals surface area contributed by atoms with E-state index in [-0.39, 0.29) is 17.1 Å². The van der Waals surface area contributed by atoms with Gasteiger partial charge >= 0.3 is 5.97 Å². The van der Waals surface area contributed by atoms with Crippen LogP contribution < -0.4 is 5.32 Å². The molecule has 0 aliphatic heterocycles. The maximum atomic E-state index is 12.2. The lowest BCUT2D eigenvalue weighted by Gasteiger charge is -2.19. The van der Waals surface area contributed by atoms with E-state index in [9.17, 15) is 14.7 Å². The molecule has 0 radical (unpaired) electrons. The SMILES string of the molecule is Cc1cc(C)cc(SC(C)C(=O)NC(CC(C)C)C(=O)O)c1. The number of carbonyl (C=O) groups is 2. The first-order valence-electron chi connectivity index (χ1n) is 7.47. The van der Waals surface area contributed by atoms with Crippen molar-refractivity contribution < 1.29 is 14.7 Å². The number of rotatable bonds is 7.